The van der Waals surface area contributed by atoms with Gasteiger partial charge in [0.15, 0.2) is 30.9 Å². The zero-order chi connectivity index (χ0) is 33.2. The van der Waals surface area contributed by atoms with Crippen molar-refractivity contribution in [3.8, 4) is 0 Å². The van der Waals surface area contributed by atoms with Crippen molar-refractivity contribution in [2.24, 2.45) is 0 Å². The van der Waals surface area contributed by atoms with Gasteiger partial charge in [0.1, 0.15) is 30.5 Å². The second-order valence-electron chi connectivity index (χ2n) is 10.9. The molecule has 2 heterocycles. The summed E-state index contributed by atoms with van der Waals surface area (Å²) in [6.07, 6.45) is -13.2. The number of benzene rings is 2. The minimum absolute atomic E-state index is 0.0870. The highest BCUT2D eigenvalue weighted by molar-refractivity contribution is 5.68. The van der Waals surface area contributed by atoms with Gasteiger partial charge in [-0.3, -0.25) is 14.4 Å². The van der Waals surface area contributed by atoms with Gasteiger partial charge < -0.3 is 53.2 Å². The number of aliphatic hydroxyl groups is 3. The summed E-state index contributed by atoms with van der Waals surface area (Å²) in [7, 11) is 0. The summed E-state index contributed by atoms with van der Waals surface area (Å²) >= 11 is 0. The van der Waals surface area contributed by atoms with Crippen molar-refractivity contribution >= 4 is 17.9 Å². The van der Waals surface area contributed by atoms with Gasteiger partial charge in [0.05, 0.1) is 26.4 Å². The molecule has 3 N–H and O–H groups in total. The van der Waals surface area contributed by atoms with Crippen LogP contribution < -0.4 is 0 Å². The fourth-order valence-electron chi connectivity index (χ4n) is 5.27. The molecular formula is C32H40O14. The lowest BCUT2D eigenvalue weighted by Crippen LogP contribution is -2.64. The Morgan fingerprint density at radius 1 is 0.630 bits per heavy atom. The lowest BCUT2D eigenvalue weighted by molar-refractivity contribution is -0.337. The van der Waals surface area contributed by atoms with Crippen LogP contribution in [0.4, 0.5) is 0 Å². The third-order valence-corrected chi connectivity index (χ3v) is 7.31. The Kier molecular flexibility index (Phi) is 13.0. The molecule has 0 amide bonds. The number of hydrogen-bond donors (Lipinski definition) is 3. The van der Waals surface area contributed by atoms with Crippen molar-refractivity contribution in [1.82, 2.24) is 0 Å². The summed E-state index contributed by atoms with van der Waals surface area (Å²) in [6.45, 7) is 2.49. The van der Waals surface area contributed by atoms with Crippen LogP contribution in [-0.2, 0) is 65.5 Å². The molecule has 2 fully saturated rings. The van der Waals surface area contributed by atoms with Crippen LogP contribution in [0.5, 0.6) is 0 Å². The van der Waals surface area contributed by atoms with Crippen LogP contribution in [0.25, 0.3) is 0 Å². The van der Waals surface area contributed by atoms with E-state index in [-0.39, 0.29) is 13.2 Å². The van der Waals surface area contributed by atoms with Crippen LogP contribution in [-0.4, -0.2) is 108 Å². The Balaban J connectivity index is 1.59. The molecule has 2 aliphatic heterocycles. The fourth-order valence-corrected chi connectivity index (χ4v) is 5.27. The minimum Gasteiger partial charge on any atom is -0.456 e. The number of esters is 3. The Bertz CT molecular complexity index is 1260. The molecule has 4 rings (SSSR count). The van der Waals surface area contributed by atoms with Gasteiger partial charge in [-0.15, -0.1) is 0 Å². The first-order chi connectivity index (χ1) is 22.1. The number of rotatable bonds is 13. The second kappa shape index (κ2) is 16.9. The summed E-state index contributed by atoms with van der Waals surface area (Å²) in [6, 6.07) is 18.5. The monoisotopic (exact) mass is 648 g/mol. The molecule has 0 aromatic heterocycles. The smallest absolute Gasteiger partial charge is 0.303 e. The highest BCUT2D eigenvalue weighted by atomic mass is 16.7. The molecule has 0 aliphatic carbocycles. The summed E-state index contributed by atoms with van der Waals surface area (Å²) in [5, 5.41) is 31.9. The fraction of sp³-hybridized carbons (Fsp3) is 0.531. The molecule has 0 saturated carbocycles. The van der Waals surface area contributed by atoms with Gasteiger partial charge in [-0.05, 0) is 11.1 Å². The molecule has 2 saturated heterocycles. The average Bonchev–Trinajstić information content (AvgIpc) is 3.02. The molecule has 2 aromatic carbocycles. The highest BCUT2D eigenvalue weighted by Crippen LogP contribution is 2.32. The molecule has 252 valence electrons. The van der Waals surface area contributed by atoms with E-state index in [2.05, 4.69) is 0 Å². The molecule has 14 nitrogen and oxygen atoms in total. The lowest BCUT2D eigenvalue weighted by atomic mass is 9.97. The van der Waals surface area contributed by atoms with Crippen LogP contribution in [0, 0.1) is 0 Å². The molecule has 4 unspecified atom stereocenters. The van der Waals surface area contributed by atoms with Crippen molar-refractivity contribution in [2.45, 2.75) is 95.4 Å². The number of hydrogen-bond acceptors (Lipinski definition) is 14. The number of aliphatic hydroxyl groups excluding tert-OH is 3. The van der Waals surface area contributed by atoms with Crippen LogP contribution in [0.2, 0.25) is 0 Å². The van der Waals surface area contributed by atoms with Crippen molar-refractivity contribution in [2.75, 3.05) is 13.2 Å². The van der Waals surface area contributed by atoms with E-state index >= 15 is 0 Å². The van der Waals surface area contributed by atoms with Gasteiger partial charge in [0.2, 0.25) is 0 Å². The minimum atomic E-state index is -1.79. The Hall–Kier alpha value is -3.47. The van der Waals surface area contributed by atoms with Gasteiger partial charge in [0, 0.05) is 20.8 Å². The summed E-state index contributed by atoms with van der Waals surface area (Å²) < 4.78 is 45.9. The van der Waals surface area contributed by atoms with Crippen molar-refractivity contribution in [3.05, 3.63) is 71.8 Å². The summed E-state index contributed by atoms with van der Waals surface area (Å²) in [4.78, 5) is 35.8. The van der Waals surface area contributed by atoms with E-state index in [1.54, 1.807) is 0 Å². The van der Waals surface area contributed by atoms with Gasteiger partial charge in [0.25, 0.3) is 0 Å². The number of ether oxygens (including phenoxy) is 8. The van der Waals surface area contributed by atoms with Crippen molar-refractivity contribution in [3.63, 3.8) is 0 Å². The molecule has 46 heavy (non-hydrogen) atoms. The van der Waals surface area contributed by atoms with Gasteiger partial charge in [-0.2, -0.15) is 0 Å². The predicted octanol–water partition coefficient (Wildman–Crippen LogP) is 0.764. The predicted molar refractivity (Wildman–Crippen MR) is 155 cm³/mol. The molecular weight excluding hydrogens is 608 g/mol. The first-order valence-corrected chi connectivity index (χ1v) is 14.8. The molecule has 0 bridgehead atoms. The van der Waals surface area contributed by atoms with Crippen LogP contribution in [0.3, 0.4) is 0 Å². The van der Waals surface area contributed by atoms with Crippen LogP contribution in [0.15, 0.2) is 60.7 Å². The zero-order valence-electron chi connectivity index (χ0n) is 25.7. The van der Waals surface area contributed by atoms with E-state index < -0.39 is 92.5 Å². The third-order valence-electron chi connectivity index (χ3n) is 7.31. The Labute approximate surface area is 266 Å². The molecule has 10 atom stereocenters. The summed E-state index contributed by atoms with van der Waals surface area (Å²) in [5.41, 5.74) is 1.64. The first-order valence-electron chi connectivity index (χ1n) is 14.8. The van der Waals surface area contributed by atoms with Gasteiger partial charge >= 0.3 is 17.9 Å². The standard InChI is InChI=1S/C32H40O14/c1-18(34)42-26-24(45-31(38)29(44-20(3)36)28(26)43-19(2)35)17-41-32-30(40-16-22-12-8-5-9-13-22)27(25(37)23(14-33)46-32)39-15-21-10-6-4-7-11-21/h4-13,23-33,37-38H,14-17H2,1-3H3/t23?,24?,25-,26-,27-,28-,29?,30?,31+,32+/m0/s1. The third kappa shape index (κ3) is 9.53. The summed E-state index contributed by atoms with van der Waals surface area (Å²) in [5.74, 6) is -2.37. The zero-order valence-corrected chi connectivity index (χ0v) is 25.7. The number of carbonyl (C=O) groups excluding carboxylic acids is 3. The normalized spacial score (nSPS) is 31.1. The Morgan fingerprint density at radius 2 is 1.13 bits per heavy atom. The van der Waals surface area contributed by atoms with E-state index in [0.29, 0.717) is 0 Å². The molecule has 2 aliphatic rings. The molecule has 2 aromatic rings. The maximum atomic E-state index is 12.1. The van der Waals surface area contributed by atoms with E-state index in [1.807, 2.05) is 60.7 Å². The quantitative estimate of drug-likeness (QED) is 0.204. The van der Waals surface area contributed by atoms with Gasteiger partial charge in [-0.25, -0.2) is 0 Å². The first kappa shape index (κ1) is 35.4. The van der Waals surface area contributed by atoms with E-state index in [1.165, 1.54) is 0 Å². The Morgan fingerprint density at radius 3 is 1.65 bits per heavy atom. The lowest BCUT2D eigenvalue weighted by Gasteiger charge is -2.45. The largest absolute Gasteiger partial charge is 0.456 e. The SMILES string of the molecule is CC(=O)OC1[C@H](O)OC(CO[C@@H]2OC(CO)[C@H](O)[C@H](OCc3ccccc3)C2OCc2ccccc2)[C@H](OC(C)=O)[C@@H]1OC(C)=O. The van der Waals surface area contributed by atoms with E-state index in [0.717, 1.165) is 31.9 Å². The number of carbonyl (C=O) groups is 3. The van der Waals surface area contributed by atoms with Crippen LogP contribution in [0.1, 0.15) is 31.9 Å². The van der Waals surface area contributed by atoms with Crippen molar-refractivity contribution in [1.29, 1.82) is 0 Å². The molecule has 0 radical (unpaired) electrons. The molecule has 14 heteroatoms. The maximum absolute atomic E-state index is 12.1. The molecule has 0 spiro atoms. The van der Waals surface area contributed by atoms with E-state index in [9.17, 15) is 29.7 Å². The maximum Gasteiger partial charge on any atom is 0.303 e. The van der Waals surface area contributed by atoms with E-state index in [4.69, 9.17) is 37.9 Å². The van der Waals surface area contributed by atoms with Crippen LogP contribution >= 0.6 is 0 Å². The highest BCUT2D eigenvalue weighted by Gasteiger charge is 2.53. The van der Waals surface area contributed by atoms with Gasteiger partial charge in [-0.1, -0.05) is 60.7 Å². The average molecular weight is 649 g/mol. The van der Waals surface area contributed by atoms with Crippen molar-refractivity contribution < 1.29 is 67.6 Å². The topological polar surface area (TPSA) is 186 Å². The second-order valence-corrected chi connectivity index (χ2v) is 10.9.